The lowest BCUT2D eigenvalue weighted by Crippen LogP contribution is -2.40. The number of anilines is 1. The fourth-order valence-corrected chi connectivity index (χ4v) is 5.58. The SMILES string of the molecule is C[C@@H]1Sc2ccc(C(=O)N[C@@H](C)[C@@H]3C[C@H]4CC[C@H]3C4)cc2NC1=O. The molecular formula is C19H24N2O2S. The third kappa shape index (κ3) is 2.83. The number of fused-ring (bicyclic) bond motifs is 3. The van der Waals surface area contributed by atoms with Crippen LogP contribution in [0, 0.1) is 17.8 Å². The van der Waals surface area contributed by atoms with E-state index in [1.54, 1.807) is 6.07 Å². The molecule has 24 heavy (non-hydrogen) atoms. The van der Waals surface area contributed by atoms with Crippen LogP contribution in [0.15, 0.2) is 23.1 Å². The monoisotopic (exact) mass is 344 g/mol. The van der Waals surface area contributed by atoms with Crippen LogP contribution in [0.5, 0.6) is 0 Å². The largest absolute Gasteiger partial charge is 0.349 e. The summed E-state index contributed by atoms with van der Waals surface area (Å²) in [7, 11) is 0. The first-order valence-corrected chi connectivity index (χ1v) is 9.81. The van der Waals surface area contributed by atoms with Gasteiger partial charge >= 0.3 is 0 Å². The van der Waals surface area contributed by atoms with Crippen LogP contribution < -0.4 is 10.6 Å². The summed E-state index contributed by atoms with van der Waals surface area (Å²) in [5.74, 6) is 2.27. The highest BCUT2D eigenvalue weighted by molar-refractivity contribution is 8.00. The molecule has 128 valence electrons. The molecule has 5 atom stereocenters. The first-order chi connectivity index (χ1) is 11.5. The van der Waals surface area contributed by atoms with Crippen molar-refractivity contribution in [1.82, 2.24) is 5.32 Å². The molecule has 4 rings (SSSR count). The number of benzene rings is 1. The van der Waals surface area contributed by atoms with Crippen LogP contribution in [0.3, 0.4) is 0 Å². The van der Waals surface area contributed by atoms with Crippen LogP contribution >= 0.6 is 11.8 Å². The molecule has 0 saturated heterocycles. The molecule has 0 aromatic heterocycles. The summed E-state index contributed by atoms with van der Waals surface area (Å²) in [6.45, 7) is 4.03. The Hall–Kier alpha value is -1.49. The maximum Gasteiger partial charge on any atom is 0.251 e. The van der Waals surface area contributed by atoms with Crippen LogP contribution in [0.25, 0.3) is 0 Å². The van der Waals surface area contributed by atoms with Gasteiger partial charge < -0.3 is 10.6 Å². The molecule has 1 aromatic rings. The molecule has 0 radical (unpaired) electrons. The lowest BCUT2D eigenvalue weighted by atomic mass is 9.84. The van der Waals surface area contributed by atoms with Crippen molar-refractivity contribution in [3.63, 3.8) is 0 Å². The predicted octanol–water partition coefficient (Wildman–Crippen LogP) is 3.67. The van der Waals surface area contributed by atoms with Crippen molar-refractivity contribution >= 4 is 29.3 Å². The van der Waals surface area contributed by atoms with Gasteiger partial charge in [-0.2, -0.15) is 0 Å². The Kier molecular flexibility index (Phi) is 4.07. The minimum atomic E-state index is -0.0880. The van der Waals surface area contributed by atoms with Gasteiger partial charge in [-0.05, 0) is 69.1 Å². The average molecular weight is 344 g/mol. The van der Waals surface area contributed by atoms with E-state index in [-0.39, 0.29) is 23.1 Å². The summed E-state index contributed by atoms with van der Waals surface area (Å²) in [6.07, 6.45) is 5.32. The van der Waals surface area contributed by atoms with Crippen LogP contribution in [0.1, 0.15) is 49.9 Å². The Morgan fingerprint density at radius 2 is 2.17 bits per heavy atom. The second-order valence-corrected chi connectivity index (χ2v) is 8.94. The minimum absolute atomic E-state index is 0.000377. The number of rotatable bonds is 3. The molecule has 2 N–H and O–H groups in total. The fourth-order valence-electron chi connectivity index (χ4n) is 4.65. The summed E-state index contributed by atoms with van der Waals surface area (Å²) in [5, 5.41) is 6.00. The van der Waals surface area contributed by atoms with E-state index < -0.39 is 0 Å². The topological polar surface area (TPSA) is 58.2 Å². The third-order valence-corrected chi connectivity index (χ3v) is 7.14. The molecule has 3 aliphatic rings. The van der Waals surface area contributed by atoms with Gasteiger partial charge in [-0.1, -0.05) is 6.42 Å². The molecule has 0 unspecified atom stereocenters. The van der Waals surface area contributed by atoms with E-state index in [9.17, 15) is 9.59 Å². The average Bonchev–Trinajstić information content (AvgIpc) is 3.18. The lowest BCUT2D eigenvalue weighted by molar-refractivity contribution is -0.115. The van der Waals surface area contributed by atoms with Crippen molar-refractivity contribution in [3.05, 3.63) is 23.8 Å². The molecule has 4 nitrogen and oxygen atoms in total. The number of carbonyl (C=O) groups is 2. The molecule has 2 aliphatic carbocycles. The van der Waals surface area contributed by atoms with E-state index in [4.69, 9.17) is 0 Å². The number of hydrogen-bond donors (Lipinski definition) is 2. The molecule has 1 aromatic carbocycles. The second kappa shape index (κ2) is 6.10. The highest BCUT2D eigenvalue weighted by Crippen LogP contribution is 2.49. The van der Waals surface area contributed by atoms with Gasteiger partial charge in [-0.3, -0.25) is 9.59 Å². The summed E-state index contributed by atoms with van der Waals surface area (Å²) >= 11 is 1.54. The number of carbonyl (C=O) groups excluding carboxylic acids is 2. The summed E-state index contributed by atoms with van der Waals surface area (Å²) in [4.78, 5) is 25.5. The molecule has 1 aliphatic heterocycles. The molecular weight excluding hydrogens is 320 g/mol. The van der Waals surface area contributed by atoms with Gasteiger partial charge in [-0.25, -0.2) is 0 Å². The normalized spacial score (nSPS) is 32.2. The van der Waals surface area contributed by atoms with Gasteiger partial charge in [0.2, 0.25) is 5.91 Å². The van der Waals surface area contributed by atoms with Gasteiger partial charge in [-0.15, -0.1) is 11.8 Å². The molecule has 2 amide bonds. The van der Waals surface area contributed by atoms with Gasteiger partial charge in [0.25, 0.3) is 5.91 Å². The first-order valence-electron chi connectivity index (χ1n) is 8.93. The Morgan fingerprint density at radius 1 is 1.33 bits per heavy atom. The Morgan fingerprint density at radius 3 is 2.88 bits per heavy atom. The molecule has 2 saturated carbocycles. The van der Waals surface area contributed by atoms with Gasteiger partial charge in [0.1, 0.15) is 0 Å². The van der Waals surface area contributed by atoms with E-state index in [2.05, 4.69) is 17.6 Å². The molecule has 2 fully saturated rings. The summed E-state index contributed by atoms with van der Waals surface area (Å²) < 4.78 is 0. The smallest absolute Gasteiger partial charge is 0.251 e. The predicted molar refractivity (Wildman–Crippen MR) is 96.3 cm³/mol. The van der Waals surface area contributed by atoms with Gasteiger partial charge in [0, 0.05) is 16.5 Å². The van der Waals surface area contributed by atoms with Crippen LogP contribution in [0.2, 0.25) is 0 Å². The first kappa shape index (κ1) is 16.0. The highest BCUT2D eigenvalue weighted by Gasteiger charge is 2.42. The summed E-state index contributed by atoms with van der Waals surface area (Å²) in [5.41, 5.74) is 1.38. The molecule has 1 heterocycles. The maximum absolute atomic E-state index is 12.6. The van der Waals surface area contributed by atoms with Crippen molar-refractivity contribution < 1.29 is 9.59 Å². The van der Waals surface area contributed by atoms with Crippen molar-refractivity contribution in [2.75, 3.05) is 5.32 Å². The number of thioether (sulfide) groups is 1. The molecule has 0 spiro atoms. The number of hydrogen-bond acceptors (Lipinski definition) is 3. The maximum atomic E-state index is 12.6. The number of amides is 2. The van der Waals surface area contributed by atoms with E-state index in [1.165, 1.54) is 37.4 Å². The third-order valence-electron chi connectivity index (χ3n) is 5.97. The molecule has 5 heteroatoms. The zero-order chi connectivity index (χ0) is 16.8. The van der Waals surface area contributed by atoms with Crippen LogP contribution in [0.4, 0.5) is 5.69 Å². The van der Waals surface area contributed by atoms with E-state index in [1.807, 2.05) is 19.1 Å². The van der Waals surface area contributed by atoms with E-state index >= 15 is 0 Å². The van der Waals surface area contributed by atoms with E-state index in [0.717, 1.165) is 22.4 Å². The van der Waals surface area contributed by atoms with Crippen molar-refractivity contribution in [3.8, 4) is 0 Å². The minimum Gasteiger partial charge on any atom is -0.349 e. The Balaban J connectivity index is 1.45. The zero-order valence-corrected chi connectivity index (χ0v) is 15.0. The van der Waals surface area contributed by atoms with Gasteiger partial charge in [0.05, 0.1) is 10.9 Å². The van der Waals surface area contributed by atoms with Crippen molar-refractivity contribution in [2.45, 2.75) is 55.7 Å². The lowest BCUT2D eigenvalue weighted by Gasteiger charge is -2.28. The second-order valence-electron chi connectivity index (χ2n) is 7.56. The summed E-state index contributed by atoms with van der Waals surface area (Å²) in [6, 6.07) is 5.81. The van der Waals surface area contributed by atoms with Crippen LogP contribution in [-0.4, -0.2) is 23.1 Å². The quantitative estimate of drug-likeness (QED) is 0.879. The van der Waals surface area contributed by atoms with Crippen LogP contribution in [-0.2, 0) is 4.79 Å². The van der Waals surface area contributed by atoms with E-state index in [0.29, 0.717) is 11.5 Å². The van der Waals surface area contributed by atoms with Crippen molar-refractivity contribution in [1.29, 1.82) is 0 Å². The number of nitrogens with one attached hydrogen (secondary N) is 2. The standard InChI is InChI=1S/C19H24N2O2S/c1-10(15-8-12-3-4-13(15)7-12)20-19(23)14-5-6-17-16(9-14)21-18(22)11(2)24-17/h5-6,9-13,15H,3-4,7-8H2,1-2H3,(H,20,23)(H,21,22)/t10-,11-,12-,13-,15-/m0/s1. The highest BCUT2D eigenvalue weighted by atomic mass is 32.2. The Labute approximate surface area is 147 Å². The molecule has 2 bridgehead atoms. The van der Waals surface area contributed by atoms with Gasteiger partial charge in [0.15, 0.2) is 0 Å². The van der Waals surface area contributed by atoms with Crippen molar-refractivity contribution in [2.24, 2.45) is 17.8 Å². The Bertz CT molecular complexity index is 690. The fraction of sp³-hybridized carbons (Fsp3) is 0.579. The zero-order valence-electron chi connectivity index (χ0n) is 14.2.